The molecule has 0 atom stereocenters. The van der Waals surface area contributed by atoms with Crippen LogP contribution in [0, 0.1) is 0 Å². The molecular weight excluding hydrogens is 278 g/mol. The SMILES string of the molecule is O=C(O)C=Cc1ccc(C(=O)NCCc2cnc[nH]2)s1. The number of carbonyl (C=O) groups excluding carboxylic acids is 1. The summed E-state index contributed by atoms with van der Waals surface area (Å²) in [4.78, 5) is 30.4. The molecule has 0 aliphatic carbocycles. The van der Waals surface area contributed by atoms with Gasteiger partial charge in [0.1, 0.15) is 0 Å². The first-order valence-corrected chi connectivity index (χ1v) is 6.73. The maximum absolute atomic E-state index is 11.9. The lowest BCUT2D eigenvalue weighted by atomic mass is 10.3. The molecule has 20 heavy (non-hydrogen) atoms. The van der Waals surface area contributed by atoms with Crippen molar-refractivity contribution in [2.24, 2.45) is 0 Å². The number of imidazole rings is 1. The van der Waals surface area contributed by atoms with E-state index in [1.54, 1.807) is 24.7 Å². The number of nitrogens with zero attached hydrogens (tertiary/aromatic N) is 1. The number of hydrogen-bond donors (Lipinski definition) is 3. The van der Waals surface area contributed by atoms with Crippen molar-refractivity contribution >= 4 is 29.3 Å². The van der Waals surface area contributed by atoms with E-state index in [1.807, 2.05) is 0 Å². The van der Waals surface area contributed by atoms with Crippen LogP contribution in [0.2, 0.25) is 0 Å². The predicted molar refractivity (Wildman–Crippen MR) is 75.6 cm³/mol. The number of aromatic amines is 1. The van der Waals surface area contributed by atoms with Crippen LogP contribution in [0.4, 0.5) is 0 Å². The van der Waals surface area contributed by atoms with Gasteiger partial charge in [0, 0.05) is 35.8 Å². The van der Waals surface area contributed by atoms with Crippen molar-refractivity contribution in [2.45, 2.75) is 6.42 Å². The van der Waals surface area contributed by atoms with E-state index in [0.29, 0.717) is 17.8 Å². The van der Waals surface area contributed by atoms with Gasteiger partial charge < -0.3 is 15.4 Å². The molecule has 0 unspecified atom stereocenters. The highest BCUT2D eigenvalue weighted by Gasteiger charge is 2.08. The third-order valence-corrected chi connectivity index (χ3v) is 3.52. The smallest absolute Gasteiger partial charge is 0.328 e. The second-order valence-corrected chi connectivity index (χ2v) is 5.07. The lowest BCUT2D eigenvalue weighted by Crippen LogP contribution is -2.24. The van der Waals surface area contributed by atoms with Gasteiger partial charge in [-0.15, -0.1) is 11.3 Å². The molecule has 0 aromatic carbocycles. The zero-order valence-electron chi connectivity index (χ0n) is 10.5. The molecular formula is C13H13N3O3S. The largest absolute Gasteiger partial charge is 0.478 e. The fraction of sp³-hybridized carbons (Fsp3) is 0.154. The summed E-state index contributed by atoms with van der Waals surface area (Å²) in [6.07, 6.45) is 6.51. The quantitative estimate of drug-likeness (QED) is 0.704. The molecule has 6 nitrogen and oxygen atoms in total. The number of rotatable bonds is 6. The molecule has 0 bridgehead atoms. The molecule has 0 saturated heterocycles. The Bertz CT molecular complexity index is 617. The fourth-order valence-electron chi connectivity index (χ4n) is 1.54. The van der Waals surface area contributed by atoms with Gasteiger partial charge >= 0.3 is 5.97 Å². The highest BCUT2D eigenvalue weighted by atomic mass is 32.1. The lowest BCUT2D eigenvalue weighted by molar-refractivity contribution is -0.131. The molecule has 7 heteroatoms. The van der Waals surface area contributed by atoms with Gasteiger partial charge in [-0.05, 0) is 18.2 Å². The number of carboxylic acids is 1. The first-order chi connectivity index (χ1) is 9.65. The molecule has 2 rings (SSSR count). The van der Waals surface area contributed by atoms with E-state index < -0.39 is 5.97 Å². The van der Waals surface area contributed by atoms with Crippen molar-refractivity contribution in [1.82, 2.24) is 15.3 Å². The zero-order chi connectivity index (χ0) is 14.4. The summed E-state index contributed by atoms with van der Waals surface area (Å²) in [7, 11) is 0. The maximum atomic E-state index is 11.9. The van der Waals surface area contributed by atoms with Crippen LogP contribution >= 0.6 is 11.3 Å². The van der Waals surface area contributed by atoms with Gasteiger partial charge in [0.05, 0.1) is 11.2 Å². The Labute approximate surface area is 119 Å². The number of nitrogens with one attached hydrogen (secondary N) is 2. The number of carboxylic acid groups (broad SMARTS) is 1. The minimum Gasteiger partial charge on any atom is -0.478 e. The van der Waals surface area contributed by atoms with Gasteiger partial charge in [-0.25, -0.2) is 9.78 Å². The van der Waals surface area contributed by atoms with Crippen molar-refractivity contribution in [3.63, 3.8) is 0 Å². The highest BCUT2D eigenvalue weighted by molar-refractivity contribution is 7.14. The lowest BCUT2D eigenvalue weighted by Gasteiger charge is -2.01. The molecule has 104 valence electrons. The minimum atomic E-state index is -1.01. The van der Waals surface area contributed by atoms with E-state index in [0.717, 1.165) is 16.6 Å². The Kier molecular flexibility index (Phi) is 4.67. The van der Waals surface area contributed by atoms with Crippen LogP contribution in [0.25, 0.3) is 6.08 Å². The molecule has 0 radical (unpaired) electrons. The Balaban J connectivity index is 1.84. The summed E-state index contributed by atoms with van der Waals surface area (Å²) < 4.78 is 0. The van der Waals surface area contributed by atoms with E-state index in [9.17, 15) is 9.59 Å². The normalized spacial score (nSPS) is 10.8. The first-order valence-electron chi connectivity index (χ1n) is 5.91. The van der Waals surface area contributed by atoms with Crippen molar-refractivity contribution in [2.75, 3.05) is 6.54 Å². The number of hydrogen-bond acceptors (Lipinski definition) is 4. The second-order valence-electron chi connectivity index (χ2n) is 3.96. The highest BCUT2D eigenvalue weighted by Crippen LogP contribution is 2.17. The van der Waals surface area contributed by atoms with Gasteiger partial charge in [0.2, 0.25) is 0 Å². The topological polar surface area (TPSA) is 95.1 Å². The third kappa shape index (κ3) is 4.06. The van der Waals surface area contributed by atoms with Crippen LogP contribution < -0.4 is 5.32 Å². The summed E-state index contributed by atoms with van der Waals surface area (Å²) in [5, 5.41) is 11.3. The molecule has 0 fully saturated rings. The Hall–Kier alpha value is -2.41. The molecule has 2 aromatic rings. The fourth-order valence-corrected chi connectivity index (χ4v) is 2.36. The number of aromatic nitrogens is 2. The average molecular weight is 291 g/mol. The summed E-state index contributed by atoms with van der Waals surface area (Å²) in [5.41, 5.74) is 0.960. The average Bonchev–Trinajstić information content (AvgIpc) is 3.07. The number of carbonyl (C=O) groups is 2. The minimum absolute atomic E-state index is 0.163. The monoisotopic (exact) mass is 291 g/mol. The molecule has 0 saturated carbocycles. The van der Waals surface area contributed by atoms with E-state index >= 15 is 0 Å². The van der Waals surface area contributed by atoms with Gasteiger partial charge in [-0.1, -0.05) is 0 Å². The molecule has 1 amide bonds. The van der Waals surface area contributed by atoms with E-state index in [2.05, 4.69) is 15.3 Å². The maximum Gasteiger partial charge on any atom is 0.328 e. The number of thiophene rings is 1. The Morgan fingerprint density at radius 2 is 2.30 bits per heavy atom. The summed E-state index contributed by atoms with van der Waals surface area (Å²) in [6.45, 7) is 0.513. The van der Waals surface area contributed by atoms with Crippen molar-refractivity contribution in [3.8, 4) is 0 Å². The van der Waals surface area contributed by atoms with Crippen molar-refractivity contribution < 1.29 is 14.7 Å². The predicted octanol–water partition coefficient (Wildman–Crippen LogP) is 1.54. The van der Waals surface area contributed by atoms with Gasteiger partial charge in [-0.2, -0.15) is 0 Å². The molecule has 2 heterocycles. The van der Waals surface area contributed by atoms with Crippen LogP contribution in [-0.4, -0.2) is 33.5 Å². The van der Waals surface area contributed by atoms with Crippen LogP contribution in [0.1, 0.15) is 20.2 Å². The van der Waals surface area contributed by atoms with Crippen LogP contribution in [-0.2, 0) is 11.2 Å². The van der Waals surface area contributed by atoms with E-state index in [-0.39, 0.29) is 5.91 Å². The van der Waals surface area contributed by atoms with Gasteiger partial charge in [0.25, 0.3) is 5.91 Å². The Morgan fingerprint density at radius 3 is 3.00 bits per heavy atom. The first kappa shape index (κ1) is 14.0. The number of amides is 1. The summed E-state index contributed by atoms with van der Waals surface area (Å²) in [6, 6.07) is 3.39. The van der Waals surface area contributed by atoms with E-state index in [4.69, 9.17) is 5.11 Å². The van der Waals surface area contributed by atoms with Crippen molar-refractivity contribution in [1.29, 1.82) is 0 Å². The standard InChI is InChI=1S/C13H13N3O3S/c17-12(18)4-2-10-1-3-11(20-10)13(19)15-6-5-9-7-14-8-16-9/h1-4,7-8H,5-6H2,(H,14,16)(H,15,19)(H,17,18). The molecule has 2 aromatic heterocycles. The molecule has 0 aliphatic rings. The molecule has 3 N–H and O–H groups in total. The van der Waals surface area contributed by atoms with Crippen LogP contribution in [0.15, 0.2) is 30.7 Å². The second kappa shape index (κ2) is 6.67. The Morgan fingerprint density at radius 1 is 1.45 bits per heavy atom. The summed E-state index contributed by atoms with van der Waals surface area (Å²) in [5.74, 6) is -1.17. The van der Waals surface area contributed by atoms with E-state index in [1.165, 1.54) is 17.4 Å². The van der Waals surface area contributed by atoms with Crippen LogP contribution in [0.5, 0.6) is 0 Å². The van der Waals surface area contributed by atoms with Gasteiger partial charge in [0.15, 0.2) is 0 Å². The molecule has 0 spiro atoms. The zero-order valence-corrected chi connectivity index (χ0v) is 11.3. The number of H-pyrrole nitrogens is 1. The molecule has 0 aliphatic heterocycles. The third-order valence-electron chi connectivity index (χ3n) is 2.48. The van der Waals surface area contributed by atoms with Crippen molar-refractivity contribution in [3.05, 3.63) is 46.2 Å². The van der Waals surface area contributed by atoms with Crippen LogP contribution in [0.3, 0.4) is 0 Å². The number of aliphatic carboxylic acids is 1. The summed E-state index contributed by atoms with van der Waals surface area (Å²) >= 11 is 1.25. The van der Waals surface area contributed by atoms with Gasteiger partial charge in [-0.3, -0.25) is 4.79 Å².